The van der Waals surface area contributed by atoms with E-state index in [0.29, 0.717) is 19.8 Å². The number of aliphatic hydroxyl groups excluding tert-OH is 1. The van der Waals surface area contributed by atoms with E-state index >= 15 is 0 Å². The molecule has 2 N–H and O–H groups in total. The van der Waals surface area contributed by atoms with Crippen LogP contribution in [0.4, 0.5) is 0 Å². The first-order valence-corrected chi connectivity index (χ1v) is 7.29. The van der Waals surface area contributed by atoms with Gasteiger partial charge < -0.3 is 15.2 Å². The van der Waals surface area contributed by atoms with Gasteiger partial charge in [-0.2, -0.15) is 0 Å². The van der Waals surface area contributed by atoms with Crippen molar-refractivity contribution in [3.05, 3.63) is 48.2 Å². The predicted octanol–water partition coefficient (Wildman–Crippen LogP) is 1.76. The van der Waals surface area contributed by atoms with Crippen LogP contribution in [-0.4, -0.2) is 42.4 Å². The fourth-order valence-corrected chi connectivity index (χ4v) is 2.04. The quantitative estimate of drug-likeness (QED) is 0.575. The Morgan fingerprint density at radius 3 is 3.00 bits per heavy atom. The summed E-state index contributed by atoms with van der Waals surface area (Å²) < 4.78 is 5.11. The molecule has 0 spiro atoms. The zero-order valence-electron chi connectivity index (χ0n) is 12.4. The molecule has 1 aromatic carbocycles. The van der Waals surface area contributed by atoms with E-state index in [2.05, 4.69) is 10.3 Å². The van der Waals surface area contributed by atoms with Gasteiger partial charge in [0.1, 0.15) is 0 Å². The zero-order valence-corrected chi connectivity index (χ0v) is 12.4. The van der Waals surface area contributed by atoms with E-state index in [1.807, 2.05) is 30.3 Å². The number of aromatic nitrogens is 1. The maximum Gasteiger partial charge on any atom is 0.244 e. The molecule has 1 amide bonds. The van der Waals surface area contributed by atoms with Gasteiger partial charge in [-0.3, -0.25) is 9.78 Å². The molecule has 0 aliphatic heterocycles. The van der Waals surface area contributed by atoms with E-state index in [-0.39, 0.29) is 12.5 Å². The Balaban J connectivity index is 1.84. The molecular weight excluding hydrogens is 280 g/mol. The first kappa shape index (κ1) is 16.1. The largest absolute Gasteiger partial charge is 0.394 e. The molecule has 0 bridgehead atoms. The van der Waals surface area contributed by atoms with Crippen LogP contribution in [0.1, 0.15) is 12.0 Å². The van der Waals surface area contributed by atoms with Crippen molar-refractivity contribution < 1.29 is 14.6 Å². The minimum atomic E-state index is -0.143. The van der Waals surface area contributed by atoms with Gasteiger partial charge in [0.05, 0.1) is 18.7 Å². The molecule has 2 rings (SSSR count). The van der Waals surface area contributed by atoms with Crippen LogP contribution in [0.15, 0.2) is 42.6 Å². The fraction of sp³-hybridized carbons (Fsp3) is 0.294. The highest BCUT2D eigenvalue weighted by Crippen LogP contribution is 2.16. The van der Waals surface area contributed by atoms with Gasteiger partial charge in [0.15, 0.2) is 0 Å². The lowest BCUT2D eigenvalue weighted by Gasteiger charge is -2.03. The first-order valence-electron chi connectivity index (χ1n) is 7.29. The molecule has 1 aromatic heterocycles. The normalized spacial score (nSPS) is 11.1. The number of hydrogen-bond donors (Lipinski definition) is 2. The second-order valence-corrected chi connectivity index (χ2v) is 4.74. The van der Waals surface area contributed by atoms with Gasteiger partial charge in [0.2, 0.25) is 5.91 Å². The van der Waals surface area contributed by atoms with Gasteiger partial charge in [-0.15, -0.1) is 0 Å². The van der Waals surface area contributed by atoms with Crippen molar-refractivity contribution >= 4 is 22.9 Å². The smallest absolute Gasteiger partial charge is 0.244 e. The van der Waals surface area contributed by atoms with Gasteiger partial charge in [0, 0.05) is 36.4 Å². The molecule has 0 aliphatic rings. The minimum absolute atomic E-state index is 0.0220. The summed E-state index contributed by atoms with van der Waals surface area (Å²) in [5, 5.41) is 12.4. The van der Waals surface area contributed by atoms with Crippen LogP contribution in [0.3, 0.4) is 0 Å². The van der Waals surface area contributed by atoms with Crippen LogP contribution in [-0.2, 0) is 9.53 Å². The van der Waals surface area contributed by atoms with Crippen LogP contribution in [0.2, 0.25) is 0 Å². The summed E-state index contributed by atoms with van der Waals surface area (Å²) >= 11 is 0. The molecule has 0 unspecified atom stereocenters. The van der Waals surface area contributed by atoms with Crippen molar-refractivity contribution in [2.45, 2.75) is 6.42 Å². The van der Waals surface area contributed by atoms with E-state index < -0.39 is 0 Å². The Bertz CT molecular complexity index is 635. The Kier molecular flexibility index (Phi) is 6.54. The van der Waals surface area contributed by atoms with Crippen molar-refractivity contribution in [1.82, 2.24) is 10.3 Å². The molecule has 5 nitrogen and oxygen atoms in total. The van der Waals surface area contributed by atoms with Crippen molar-refractivity contribution in [3.63, 3.8) is 0 Å². The number of hydrogen-bond acceptors (Lipinski definition) is 4. The third-order valence-corrected chi connectivity index (χ3v) is 3.08. The number of carbonyl (C=O) groups excluding carboxylic acids is 1. The fourth-order valence-electron chi connectivity index (χ4n) is 2.04. The summed E-state index contributed by atoms with van der Waals surface area (Å²) in [5.41, 5.74) is 1.80. The number of aliphatic hydroxyl groups is 1. The Hall–Kier alpha value is -2.24. The molecule has 0 saturated carbocycles. The summed E-state index contributed by atoms with van der Waals surface area (Å²) in [4.78, 5) is 16.1. The molecule has 2 aromatic rings. The molecule has 0 radical (unpaired) electrons. The zero-order chi connectivity index (χ0) is 15.6. The Morgan fingerprint density at radius 1 is 1.27 bits per heavy atom. The highest BCUT2D eigenvalue weighted by molar-refractivity contribution is 5.95. The number of para-hydroxylation sites is 1. The van der Waals surface area contributed by atoms with Crippen LogP contribution in [0.5, 0.6) is 0 Å². The van der Waals surface area contributed by atoms with E-state index in [4.69, 9.17) is 9.84 Å². The minimum Gasteiger partial charge on any atom is -0.394 e. The monoisotopic (exact) mass is 300 g/mol. The number of rotatable bonds is 8. The van der Waals surface area contributed by atoms with Crippen molar-refractivity contribution in [2.75, 3.05) is 26.4 Å². The summed E-state index contributed by atoms with van der Waals surface area (Å²) in [7, 11) is 0. The molecule has 5 heteroatoms. The highest BCUT2D eigenvalue weighted by atomic mass is 16.5. The summed E-state index contributed by atoms with van der Waals surface area (Å²) in [5.74, 6) is -0.143. The summed E-state index contributed by atoms with van der Waals surface area (Å²) in [6, 6.07) is 9.75. The first-order chi connectivity index (χ1) is 10.8. The number of carbonyl (C=O) groups is 1. The van der Waals surface area contributed by atoms with Gasteiger partial charge in [0.25, 0.3) is 0 Å². The maximum absolute atomic E-state index is 11.7. The Labute approximate surface area is 129 Å². The SMILES string of the molecule is O=C(/C=C/c1cccc2cccnc12)NCCCOCCO. The van der Waals surface area contributed by atoms with Crippen LogP contribution >= 0.6 is 0 Å². The van der Waals surface area contributed by atoms with E-state index in [0.717, 1.165) is 22.9 Å². The number of nitrogens with one attached hydrogen (secondary N) is 1. The lowest BCUT2D eigenvalue weighted by Crippen LogP contribution is -2.23. The third-order valence-electron chi connectivity index (χ3n) is 3.08. The van der Waals surface area contributed by atoms with Crippen molar-refractivity contribution in [3.8, 4) is 0 Å². The average Bonchev–Trinajstić information content (AvgIpc) is 2.56. The van der Waals surface area contributed by atoms with E-state index in [9.17, 15) is 4.79 Å². The molecule has 0 fully saturated rings. The molecule has 0 aliphatic carbocycles. The average molecular weight is 300 g/mol. The number of fused-ring (bicyclic) bond motifs is 1. The number of benzene rings is 1. The van der Waals surface area contributed by atoms with Crippen LogP contribution in [0, 0.1) is 0 Å². The Morgan fingerprint density at radius 2 is 2.14 bits per heavy atom. The molecule has 116 valence electrons. The maximum atomic E-state index is 11.7. The van der Waals surface area contributed by atoms with Gasteiger partial charge >= 0.3 is 0 Å². The topological polar surface area (TPSA) is 71.5 Å². The van der Waals surface area contributed by atoms with Crippen LogP contribution < -0.4 is 5.32 Å². The van der Waals surface area contributed by atoms with E-state index in [1.54, 1.807) is 12.3 Å². The summed E-state index contributed by atoms with van der Waals surface area (Å²) in [6.07, 6.45) is 5.74. The van der Waals surface area contributed by atoms with Gasteiger partial charge in [-0.25, -0.2) is 0 Å². The molecule has 0 saturated heterocycles. The number of nitrogens with zero attached hydrogens (tertiary/aromatic N) is 1. The second kappa shape index (κ2) is 8.92. The predicted molar refractivity (Wildman–Crippen MR) is 86.3 cm³/mol. The standard InChI is InChI=1S/C17H20N2O3/c20-11-13-22-12-3-10-18-16(21)8-7-15-5-1-4-14-6-2-9-19-17(14)15/h1-2,4-9,20H,3,10-13H2,(H,18,21)/b8-7+. The molecule has 22 heavy (non-hydrogen) atoms. The van der Waals surface area contributed by atoms with Crippen LogP contribution in [0.25, 0.3) is 17.0 Å². The highest BCUT2D eigenvalue weighted by Gasteiger charge is 1.99. The third kappa shape index (κ3) is 4.95. The molecular formula is C17H20N2O3. The number of ether oxygens (including phenoxy) is 1. The summed E-state index contributed by atoms with van der Waals surface area (Å²) in [6.45, 7) is 1.43. The van der Waals surface area contributed by atoms with Gasteiger partial charge in [-0.05, 0) is 18.6 Å². The lowest BCUT2D eigenvalue weighted by molar-refractivity contribution is -0.116. The van der Waals surface area contributed by atoms with Crippen molar-refractivity contribution in [2.24, 2.45) is 0 Å². The molecule has 0 atom stereocenters. The lowest BCUT2D eigenvalue weighted by atomic mass is 10.1. The number of pyridine rings is 1. The van der Waals surface area contributed by atoms with Gasteiger partial charge in [-0.1, -0.05) is 24.3 Å². The van der Waals surface area contributed by atoms with Crippen molar-refractivity contribution in [1.29, 1.82) is 0 Å². The van der Waals surface area contributed by atoms with E-state index in [1.165, 1.54) is 6.08 Å². The second-order valence-electron chi connectivity index (χ2n) is 4.74. The number of amides is 1. The molecule has 1 heterocycles.